The fraction of sp³-hybridized carbons (Fsp3) is 0.217. The van der Waals surface area contributed by atoms with Crippen LogP contribution in [0, 0.1) is 19.8 Å². The Labute approximate surface area is 193 Å². The molecule has 1 N–H and O–H groups in total. The molecule has 1 saturated heterocycles. The monoisotopic (exact) mass is 463 g/mol. The van der Waals surface area contributed by atoms with Crippen LogP contribution in [0.3, 0.4) is 0 Å². The standard InChI is InChI=1S/C23H21N5O2S2/c1-14-5-7-17(8-6-14)27-12-16(11-21(27)29)22(30)25-20-10-15(2)26-28(20)23-24-18(13-32-23)19-4-3-9-31-19/h3-10,13,16H,11-12H2,1-2H3,(H,25,30). The first-order valence-electron chi connectivity index (χ1n) is 10.2. The normalized spacial score (nSPS) is 16.0. The van der Waals surface area contributed by atoms with Gasteiger partial charge in [-0.15, -0.1) is 22.7 Å². The summed E-state index contributed by atoms with van der Waals surface area (Å²) in [5, 5.41) is 12.2. The number of amides is 2. The van der Waals surface area contributed by atoms with Gasteiger partial charge in [-0.25, -0.2) is 4.98 Å². The number of carbonyl (C=O) groups is 2. The Hall–Kier alpha value is -3.30. The van der Waals surface area contributed by atoms with Crippen LogP contribution in [0.15, 0.2) is 53.2 Å². The van der Waals surface area contributed by atoms with E-state index in [0.29, 0.717) is 17.5 Å². The summed E-state index contributed by atoms with van der Waals surface area (Å²) in [5.74, 6) is -0.102. The van der Waals surface area contributed by atoms with E-state index < -0.39 is 5.92 Å². The molecule has 0 aliphatic carbocycles. The van der Waals surface area contributed by atoms with E-state index in [1.54, 1.807) is 20.9 Å². The van der Waals surface area contributed by atoms with Crippen LogP contribution in [0.4, 0.5) is 11.5 Å². The van der Waals surface area contributed by atoms with E-state index in [4.69, 9.17) is 0 Å². The molecule has 1 aromatic carbocycles. The van der Waals surface area contributed by atoms with Crippen LogP contribution in [0.25, 0.3) is 15.7 Å². The van der Waals surface area contributed by atoms with E-state index in [1.165, 1.54) is 11.3 Å². The van der Waals surface area contributed by atoms with Gasteiger partial charge in [0.15, 0.2) is 0 Å². The van der Waals surface area contributed by atoms with E-state index >= 15 is 0 Å². The number of carbonyl (C=O) groups excluding carboxylic acids is 2. The van der Waals surface area contributed by atoms with E-state index in [9.17, 15) is 9.59 Å². The minimum atomic E-state index is -0.426. The van der Waals surface area contributed by atoms with Crippen LogP contribution in [0.2, 0.25) is 0 Å². The number of nitrogens with zero attached hydrogens (tertiary/aromatic N) is 4. The summed E-state index contributed by atoms with van der Waals surface area (Å²) in [6.45, 7) is 4.24. The van der Waals surface area contributed by atoms with Crippen molar-refractivity contribution in [3.63, 3.8) is 0 Å². The predicted octanol–water partition coefficient (Wildman–Crippen LogP) is 4.67. The van der Waals surface area contributed by atoms with Gasteiger partial charge in [-0.05, 0) is 37.4 Å². The zero-order valence-electron chi connectivity index (χ0n) is 17.6. The molecule has 0 radical (unpaired) electrons. The van der Waals surface area contributed by atoms with Crippen molar-refractivity contribution in [2.45, 2.75) is 20.3 Å². The highest BCUT2D eigenvalue weighted by atomic mass is 32.1. The lowest BCUT2D eigenvalue weighted by molar-refractivity contribution is -0.122. The predicted molar refractivity (Wildman–Crippen MR) is 128 cm³/mol. The zero-order valence-corrected chi connectivity index (χ0v) is 19.2. The molecule has 4 aromatic rings. The minimum Gasteiger partial charge on any atom is -0.312 e. The molecule has 1 aliphatic heterocycles. The van der Waals surface area contributed by atoms with E-state index in [-0.39, 0.29) is 18.2 Å². The summed E-state index contributed by atoms with van der Waals surface area (Å²) < 4.78 is 1.66. The molecule has 1 atom stereocenters. The van der Waals surface area contributed by atoms with Gasteiger partial charge in [-0.1, -0.05) is 23.8 Å². The highest BCUT2D eigenvalue weighted by Gasteiger charge is 2.35. The van der Waals surface area contributed by atoms with Crippen LogP contribution in [-0.4, -0.2) is 33.1 Å². The molecular weight excluding hydrogens is 442 g/mol. The summed E-state index contributed by atoms with van der Waals surface area (Å²) in [7, 11) is 0. The van der Waals surface area contributed by atoms with Crippen molar-refractivity contribution >= 4 is 46.0 Å². The third-order valence-electron chi connectivity index (χ3n) is 5.37. The van der Waals surface area contributed by atoms with Gasteiger partial charge in [0.1, 0.15) is 5.82 Å². The summed E-state index contributed by atoms with van der Waals surface area (Å²) in [6, 6.07) is 13.6. The number of hydrogen-bond acceptors (Lipinski definition) is 6. The second kappa shape index (κ2) is 8.33. The molecule has 32 heavy (non-hydrogen) atoms. The Kier molecular flexibility index (Phi) is 5.36. The van der Waals surface area contributed by atoms with Crippen LogP contribution in [-0.2, 0) is 9.59 Å². The Morgan fingerprint density at radius 3 is 2.72 bits per heavy atom. The molecule has 1 fully saturated rings. The van der Waals surface area contributed by atoms with Crippen LogP contribution in [0.5, 0.6) is 0 Å². The molecule has 2 amide bonds. The Morgan fingerprint density at radius 2 is 1.97 bits per heavy atom. The molecule has 7 nitrogen and oxygen atoms in total. The number of anilines is 2. The second-order valence-corrected chi connectivity index (χ2v) is 9.59. The molecule has 0 bridgehead atoms. The quantitative estimate of drug-likeness (QED) is 0.467. The Bertz CT molecular complexity index is 1270. The molecule has 3 aromatic heterocycles. The number of thiazole rings is 1. The molecule has 1 unspecified atom stereocenters. The molecule has 0 spiro atoms. The molecule has 0 saturated carbocycles. The van der Waals surface area contributed by atoms with Crippen molar-refractivity contribution in [1.29, 1.82) is 0 Å². The third kappa shape index (κ3) is 3.96. The number of thiophene rings is 1. The van der Waals surface area contributed by atoms with Crippen molar-refractivity contribution in [3.05, 3.63) is 64.5 Å². The highest BCUT2D eigenvalue weighted by Crippen LogP contribution is 2.30. The fourth-order valence-electron chi connectivity index (χ4n) is 3.72. The maximum absolute atomic E-state index is 13.0. The fourth-order valence-corrected chi connectivity index (χ4v) is 5.27. The molecule has 5 rings (SSSR count). The molecule has 162 valence electrons. The van der Waals surface area contributed by atoms with Gasteiger partial charge in [0.25, 0.3) is 0 Å². The van der Waals surface area contributed by atoms with E-state index in [1.807, 2.05) is 67.1 Å². The summed E-state index contributed by atoms with van der Waals surface area (Å²) in [6.07, 6.45) is 0.187. The average molecular weight is 464 g/mol. The lowest BCUT2D eigenvalue weighted by Gasteiger charge is -2.17. The lowest BCUT2D eigenvalue weighted by Crippen LogP contribution is -2.28. The Balaban J connectivity index is 1.33. The van der Waals surface area contributed by atoms with Crippen molar-refractivity contribution in [1.82, 2.24) is 14.8 Å². The maximum Gasteiger partial charge on any atom is 0.230 e. The Morgan fingerprint density at radius 1 is 1.16 bits per heavy atom. The molecule has 4 heterocycles. The van der Waals surface area contributed by atoms with Crippen molar-refractivity contribution < 1.29 is 9.59 Å². The average Bonchev–Trinajstić information content (AvgIpc) is 3.55. The number of aryl methyl sites for hydroxylation is 2. The molecule has 9 heteroatoms. The molecular formula is C23H21N5O2S2. The highest BCUT2D eigenvalue weighted by molar-refractivity contribution is 7.15. The van der Waals surface area contributed by atoms with Gasteiger partial charge < -0.3 is 10.2 Å². The number of nitrogens with one attached hydrogen (secondary N) is 1. The van der Waals surface area contributed by atoms with Crippen LogP contribution < -0.4 is 10.2 Å². The number of benzene rings is 1. The SMILES string of the molecule is Cc1ccc(N2CC(C(=O)Nc3cc(C)nn3-c3nc(-c4cccs4)cs3)CC2=O)cc1. The van der Waals surface area contributed by atoms with Gasteiger partial charge in [0, 0.05) is 30.1 Å². The van der Waals surface area contributed by atoms with Gasteiger partial charge in [0.05, 0.1) is 22.2 Å². The summed E-state index contributed by atoms with van der Waals surface area (Å²) >= 11 is 3.10. The van der Waals surface area contributed by atoms with Crippen molar-refractivity contribution in [2.24, 2.45) is 5.92 Å². The van der Waals surface area contributed by atoms with Crippen molar-refractivity contribution in [2.75, 3.05) is 16.8 Å². The first-order valence-corrected chi connectivity index (χ1v) is 12.0. The first kappa shape index (κ1) is 20.6. The van der Waals surface area contributed by atoms with Gasteiger partial charge >= 0.3 is 0 Å². The van der Waals surface area contributed by atoms with Crippen LogP contribution >= 0.6 is 22.7 Å². The lowest BCUT2D eigenvalue weighted by atomic mass is 10.1. The largest absolute Gasteiger partial charge is 0.312 e. The van der Waals surface area contributed by atoms with Crippen molar-refractivity contribution in [3.8, 4) is 15.7 Å². The van der Waals surface area contributed by atoms with E-state index in [0.717, 1.165) is 27.5 Å². The number of aromatic nitrogens is 3. The zero-order chi connectivity index (χ0) is 22.2. The van der Waals surface area contributed by atoms with Gasteiger partial charge in [-0.3, -0.25) is 9.59 Å². The molecule has 1 aliphatic rings. The summed E-state index contributed by atoms with van der Waals surface area (Å²) in [5.41, 5.74) is 3.61. The van der Waals surface area contributed by atoms with Gasteiger partial charge in [-0.2, -0.15) is 9.78 Å². The smallest absolute Gasteiger partial charge is 0.230 e. The maximum atomic E-state index is 13.0. The summed E-state index contributed by atoms with van der Waals surface area (Å²) in [4.78, 5) is 33.0. The number of hydrogen-bond donors (Lipinski definition) is 1. The minimum absolute atomic E-state index is 0.0424. The van der Waals surface area contributed by atoms with Crippen LogP contribution in [0.1, 0.15) is 17.7 Å². The van der Waals surface area contributed by atoms with Gasteiger partial charge in [0.2, 0.25) is 16.9 Å². The van der Waals surface area contributed by atoms with E-state index in [2.05, 4.69) is 15.4 Å². The first-order chi connectivity index (χ1) is 15.5. The topological polar surface area (TPSA) is 80.1 Å². The second-order valence-electron chi connectivity index (χ2n) is 7.81. The third-order valence-corrected chi connectivity index (χ3v) is 7.08. The number of rotatable bonds is 5.